The molecule has 1 amide bonds. The summed E-state index contributed by atoms with van der Waals surface area (Å²) in [6.45, 7) is 1.03. The number of fused-ring (bicyclic) bond motifs is 3. The number of hydrogen-bond donors (Lipinski definition) is 1. The van der Waals surface area contributed by atoms with Crippen molar-refractivity contribution in [1.29, 1.82) is 0 Å². The first-order valence-electron chi connectivity index (χ1n) is 12.2. The first-order valence-corrected chi connectivity index (χ1v) is 13.0. The Labute approximate surface area is 218 Å². The number of rotatable bonds is 6. The number of amides is 1. The summed E-state index contributed by atoms with van der Waals surface area (Å²) in [5.74, 6) is -5.00. The number of benzene rings is 1. The van der Waals surface area contributed by atoms with Gasteiger partial charge in [0, 0.05) is 35.0 Å². The number of nitrogens with zero attached hydrogens (tertiary/aromatic N) is 3. The minimum absolute atomic E-state index is 0.273. The molecule has 1 aromatic carbocycles. The molecule has 0 saturated heterocycles. The van der Waals surface area contributed by atoms with E-state index in [4.69, 9.17) is 4.52 Å². The summed E-state index contributed by atoms with van der Waals surface area (Å²) in [6, 6.07) is 7.06. The SMILES string of the molecule is CC(F)(F)c1nc(C23CCC(CN(c4cccc(Br)c4)C(=O)[C@H]4C[C@](O)(C(F)(F)F)C4)(CC2)CC3)no1. The lowest BCUT2D eigenvalue weighted by molar-refractivity contribution is -0.295. The predicted molar refractivity (Wildman–Crippen MR) is 126 cm³/mol. The van der Waals surface area contributed by atoms with Crippen LogP contribution in [0.2, 0.25) is 0 Å². The summed E-state index contributed by atoms with van der Waals surface area (Å²) >= 11 is 3.40. The van der Waals surface area contributed by atoms with Gasteiger partial charge in [-0.15, -0.1) is 0 Å². The number of hydrogen-bond acceptors (Lipinski definition) is 5. The van der Waals surface area contributed by atoms with Crippen LogP contribution in [0.1, 0.15) is 70.0 Å². The van der Waals surface area contributed by atoms with Crippen LogP contribution in [0.4, 0.5) is 27.6 Å². The zero-order valence-corrected chi connectivity index (χ0v) is 21.7. The molecule has 202 valence electrons. The van der Waals surface area contributed by atoms with Gasteiger partial charge in [0.05, 0.1) is 0 Å². The van der Waals surface area contributed by atoms with Crippen LogP contribution in [0.15, 0.2) is 33.3 Å². The highest BCUT2D eigenvalue weighted by Gasteiger charge is 2.63. The molecule has 6 rings (SSSR count). The highest BCUT2D eigenvalue weighted by molar-refractivity contribution is 9.10. The van der Waals surface area contributed by atoms with Crippen molar-refractivity contribution in [3.8, 4) is 0 Å². The molecule has 12 heteroatoms. The first kappa shape index (κ1) is 26.5. The van der Waals surface area contributed by atoms with Gasteiger partial charge >= 0.3 is 12.1 Å². The van der Waals surface area contributed by atoms with E-state index < -0.39 is 53.7 Å². The second-order valence-corrected chi connectivity index (χ2v) is 12.0. The van der Waals surface area contributed by atoms with Crippen LogP contribution < -0.4 is 4.90 Å². The average Bonchev–Trinajstić information content (AvgIpc) is 3.33. The summed E-state index contributed by atoms with van der Waals surface area (Å²) in [5.41, 5.74) is -2.99. The largest absolute Gasteiger partial charge is 0.417 e. The van der Waals surface area contributed by atoms with Gasteiger partial charge in [-0.05, 0) is 75.0 Å². The molecule has 4 aliphatic rings. The molecule has 1 N–H and O–H groups in total. The zero-order valence-electron chi connectivity index (χ0n) is 20.1. The molecule has 2 aromatic rings. The quantitative estimate of drug-likeness (QED) is 0.400. The van der Waals surface area contributed by atoms with Crippen LogP contribution in [0.3, 0.4) is 0 Å². The van der Waals surface area contributed by atoms with Gasteiger partial charge in [0.2, 0.25) is 5.91 Å². The number of alkyl halides is 5. The normalized spacial score (nSPS) is 31.7. The molecular weight excluding hydrogens is 565 g/mol. The van der Waals surface area contributed by atoms with E-state index in [1.54, 1.807) is 29.2 Å². The smallest absolute Gasteiger partial charge is 0.380 e. The maximum atomic E-state index is 13.6. The van der Waals surface area contributed by atoms with Crippen LogP contribution in [-0.2, 0) is 16.1 Å². The third-order valence-corrected chi connectivity index (χ3v) is 9.10. The summed E-state index contributed by atoms with van der Waals surface area (Å²) in [6.07, 6.45) is -2.11. The lowest BCUT2D eigenvalue weighted by Crippen LogP contribution is -2.60. The van der Waals surface area contributed by atoms with E-state index in [1.807, 2.05) is 0 Å². The monoisotopic (exact) mass is 591 g/mol. The standard InChI is InChI=1S/C25H27BrF5N3O3/c1-21(27,28)20-32-19(33-37-20)23-8-5-22(6-9-23,7-10-23)14-34(17-4-2-3-16(26)11-17)18(35)15-12-24(36,13-15)25(29,30)31/h2-4,11,15,36H,5-10,12-14H2,1H3/t15-,22?,23?,24+. The van der Waals surface area contributed by atoms with Crippen LogP contribution in [0.5, 0.6) is 0 Å². The zero-order chi connectivity index (χ0) is 26.9. The van der Waals surface area contributed by atoms with Gasteiger partial charge < -0.3 is 14.5 Å². The molecule has 4 aliphatic carbocycles. The average molecular weight is 592 g/mol. The second kappa shape index (κ2) is 8.72. The number of aliphatic hydroxyl groups is 1. The number of aromatic nitrogens is 2. The Morgan fingerprint density at radius 1 is 1.14 bits per heavy atom. The molecule has 0 unspecified atom stereocenters. The minimum Gasteiger partial charge on any atom is -0.380 e. The van der Waals surface area contributed by atoms with Crippen molar-refractivity contribution in [2.24, 2.45) is 11.3 Å². The number of anilines is 1. The second-order valence-electron chi connectivity index (χ2n) is 11.1. The molecule has 1 heterocycles. The van der Waals surface area contributed by atoms with E-state index in [2.05, 4.69) is 26.1 Å². The molecule has 37 heavy (non-hydrogen) atoms. The number of carbonyl (C=O) groups excluding carboxylic acids is 1. The molecular formula is C25H27BrF5N3O3. The van der Waals surface area contributed by atoms with Gasteiger partial charge in [0.15, 0.2) is 11.4 Å². The fourth-order valence-electron chi connectivity index (χ4n) is 6.11. The molecule has 2 bridgehead atoms. The van der Waals surface area contributed by atoms with Crippen molar-refractivity contribution in [1.82, 2.24) is 10.1 Å². The Morgan fingerprint density at radius 3 is 2.27 bits per heavy atom. The van der Waals surface area contributed by atoms with Crippen molar-refractivity contribution in [2.45, 2.75) is 81.4 Å². The van der Waals surface area contributed by atoms with E-state index in [9.17, 15) is 31.9 Å². The maximum Gasteiger partial charge on any atom is 0.417 e. The van der Waals surface area contributed by atoms with Gasteiger partial charge in [-0.25, -0.2) is 0 Å². The fourth-order valence-corrected chi connectivity index (χ4v) is 6.50. The fraction of sp³-hybridized carbons (Fsp3) is 0.640. The maximum absolute atomic E-state index is 13.6. The summed E-state index contributed by atoms with van der Waals surface area (Å²) in [7, 11) is 0. The lowest BCUT2D eigenvalue weighted by Gasteiger charge is -2.54. The van der Waals surface area contributed by atoms with Crippen molar-refractivity contribution in [3.63, 3.8) is 0 Å². The molecule has 0 atom stereocenters. The van der Waals surface area contributed by atoms with E-state index in [1.165, 1.54) is 0 Å². The highest BCUT2D eigenvalue weighted by Crippen LogP contribution is 2.58. The molecule has 4 fully saturated rings. The lowest BCUT2D eigenvalue weighted by atomic mass is 9.53. The van der Waals surface area contributed by atoms with Gasteiger partial charge in [-0.3, -0.25) is 4.79 Å². The van der Waals surface area contributed by atoms with E-state index in [-0.39, 0.29) is 11.2 Å². The van der Waals surface area contributed by atoms with Gasteiger partial charge in [-0.2, -0.15) is 26.9 Å². The Hall–Kier alpha value is -2.08. The van der Waals surface area contributed by atoms with Gasteiger partial charge in [0.25, 0.3) is 5.89 Å². The van der Waals surface area contributed by atoms with Crippen LogP contribution >= 0.6 is 15.9 Å². The minimum atomic E-state index is -4.78. The van der Waals surface area contributed by atoms with Crippen molar-refractivity contribution in [3.05, 3.63) is 40.5 Å². The van der Waals surface area contributed by atoms with Crippen molar-refractivity contribution >= 4 is 27.5 Å². The first-order chi connectivity index (χ1) is 17.2. The Balaban J connectivity index is 1.35. The molecule has 0 aliphatic heterocycles. The third kappa shape index (κ3) is 4.68. The predicted octanol–water partition coefficient (Wildman–Crippen LogP) is 6.27. The third-order valence-electron chi connectivity index (χ3n) is 8.60. The molecule has 0 spiro atoms. The van der Waals surface area contributed by atoms with E-state index in [0.29, 0.717) is 57.7 Å². The number of carbonyl (C=O) groups is 1. The molecule has 6 nitrogen and oxygen atoms in total. The number of halogens is 6. The molecule has 1 aromatic heterocycles. The summed E-state index contributed by atoms with van der Waals surface area (Å²) in [4.78, 5) is 19.1. The summed E-state index contributed by atoms with van der Waals surface area (Å²) in [5, 5.41) is 13.8. The van der Waals surface area contributed by atoms with Gasteiger partial charge in [0.1, 0.15) is 0 Å². The van der Waals surface area contributed by atoms with Crippen LogP contribution in [0, 0.1) is 11.3 Å². The van der Waals surface area contributed by atoms with E-state index in [0.717, 1.165) is 4.47 Å². The van der Waals surface area contributed by atoms with E-state index >= 15 is 0 Å². The Bertz CT molecular complexity index is 1160. The highest BCUT2D eigenvalue weighted by atomic mass is 79.9. The van der Waals surface area contributed by atoms with Gasteiger partial charge in [-0.1, -0.05) is 27.2 Å². The Kier molecular flexibility index (Phi) is 6.25. The van der Waals surface area contributed by atoms with Crippen molar-refractivity contribution < 1.29 is 36.4 Å². The van der Waals surface area contributed by atoms with Crippen molar-refractivity contribution in [2.75, 3.05) is 11.4 Å². The molecule has 4 saturated carbocycles. The van der Waals surface area contributed by atoms with Crippen LogP contribution in [-0.4, -0.2) is 39.5 Å². The van der Waals surface area contributed by atoms with Crippen LogP contribution in [0.25, 0.3) is 0 Å². The topological polar surface area (TPSA) is 79.5 Å². The molecule has 0 radical (unpaired) electrons. The Morgan fingerprint density at radius 2 is 1.76 bits per heavy atom. The summed E-state index contributed by atoms with van der Waals surface area (Å²) < 4.78 is 72.4.